The zero-order chi connectivity index (χ0) is 21.9. The molecule has 2 aromatic heterocycles. The van der Waals surface area contributed by atoms with Gasteiger partial charge in [-0.15, -0.1) is 11.3 Å². The molecule has 5 heterocycles. The van der Waals surface area contributed by atoms with Crippen molar-refractivity contribution in [3.05, 3.63) is 28.4 Å². The second-order valence-corrected chi connectivity index (χ2v) is 11.5. The molecule has 3 aliphatic heterocycles. The van der Waals surface area contributed by atoms with Gasteiger partial charge in [-0.25, -0.2) is 4.98 Å². The smallest absolute Gasteiger partial charge is 0.236 e. The third-order valence-electron chi connectivity index (χ3n) is 6.76. The number of fused-ring (bicyclic) bond motifs is 3. The van der Waals surface area contributed by atoms with Crippen LogP contribution in [0.4, 0.5) is 0 Å². The summed E-state index contributed by atoms with van der Waals surface area (Å²) in [6, 6.07) is 3.62. The van der Waals surface area contributed by atoms with E-state index in [0.29, 0.717) is 16.8 Å². The number of imide groups is 1. The highest BCUT2D eigenvalue weighted by Gasteiger charge is 2.63. The fraction of sp³-hybridized carbons (Fsp3) is 0.591. The molecule has 2 amide bonds. The number of quaternary nitrogens is 1. The Morgan fingerprint density at radius 2 is 2.00 bits per heavy atom. The number of aromatic nitrogens is 1. The zero-order valence-electron chi connectivity index (χ0n) is 18.1. The molecule has 3 saturated heterocycles. The van der Waals surface area contributed by atoms with Crippen LogP contribution in [0.25, 0.3) is 10.8 Å². The standard InChI is InChI=1S/C22H28ClN4O3S/c1-27(2,3)11-5-10-26-21(28)17-14-6-4-9-25(14)19(18(17)22(26)29)13-12-30-20(24-13)15-7-8-16(23)31-15/h7-8,12,14,17-19H,4-6,9-11H2,1-3H3/q+1/t14-,17-,18-,19-/m0/s1. The Hall–Kier alpha value is -1.74. The molecule has 9 heteroatoms. The lowest BCUT2D eigenvalue weighted by Crippen LogP contribution is -2.42. The normalized spacial score (nSPS) is 28.6. The van der Waals surface area contributed by atoms with E-state index in [1.807, 2.05) is 12.1 Å². The maximum Gasteiger partial charge on any atom is 0.236 e. The summed E-state index contributed by atoms with van der Waals surface area (Å²) in [5.41, 5.74) is 0.744. The quantitative estimate of drug-likeness (QED) is 0.486. The number of carbonyl (C=O) groups is 2. The average molecular weight is 464 g/mol. The van der Waals surface area contributed by atoms with Gasteiger partial charge in [0.15, 0.2) is 0 Å². The molecule has 0 saturated carbocycles. The molecule has 0 spiro atoms. The Kier molecular flexibility index (Phi) is 5.24. The van der Waals surface area contributed by atoms with E-state index in [1.54, 1.807) is 6.26 Å². The maximum atomic E-state index is 13.4. The van der Waals surface area contributed by atoms with Gasteiger partial charge in [0.25, 0.3) is 0 Å². The summed E-state index contributed by atoms with van der Waals surface area (Å²) in [6.45, 7) is 2.30. The number of thiophene rings is 1. The molecule has 0 bridgehead atoms. The van der Waals surface area contributed by atoms with Gasteiger partial charge in [0, 0.05) is 19.0 Å². The van der Waals surface area contributed by atoms with E-state index in [4.69, 9.17) is 21.0 Å². The summed E-state index contributed by atoms with van der Waals surface area (Å²) in [7, 11) is 6.37. The monoisotopic (exact) mass is 463 g/mol. The molecule has 5 rings (SSSR count). The minimum atomic E-state index is -0.369. The average Bonchev–Trinajstić information content (AvgIpc) is 3.47. The van der Waals surface area contributed by atoms with Crippen LogP contribution in [0, 0.1) is 11.8 Å². The lowest BCUT2D eigenvalue weighted by atomic mass is 9.87. The Bertz CT molecular complexity index is 1010. The summed E-state index contributed by atoms with van der Waals surface area (Å²) < 4.78 is 7.26. The minimum absolute atomic E-state index is 0.00423. The number of likely N-dealkylation sites (tertiary alicyclic amines) is 1. The number of rotatable bonds is 6. The number of nitrogens with zero attached hydrogens (tertiary/aromatic N) is 4. The minimum Gasteiger partial charge on any atom is -0.443 e. The van der Waals surface area contributed by atoms with E-state index < -0.39 is 0 Å². The van der Waals surface area contributed by atoms with Crippen LogP contribution >= 0.6 is 22.9 Å². The Morgan fingerprint density at radius 3 is 2.71 bits per heavy atom. The molecule has 4 atom stereocenters. The molecule has 0 aliphatic carbocycles. The number of oxazole rings is 1. The molecular formula is C22H28ClN4O3S+. The number of amides is 2. The van der Waals surface area contributed by atoms with Gasteiger partial charge in [-0.3, -0.25) is 19.4 Å². The molecule has 7 nitrogen and oxygen atoms in total. The van der Waals surface area contributed by atoms with Crippen LogP contribution in [0.2, 0.25) is 4.34 Å². The van der Waals surface area contributed by atoms with E-state index in [2.05, 4.69) is 26.0 Å². The summed E-state index contributed by atoms with van der Waals surface area (Å²) in [5.74, 6) is -0.154. The Balaban J connectivity index is 1.42. The maximum absolute atomic E-state index is 13.4. The third-order valence-corrected chi connectivity index (χ3v) is 7.98. The first-order valence-corrected chi connectivity index (χ1v) is 12.1. The van der Waals surface area contributed by atoms with Crippen molar-refractivity contribution in [2.24, 2.45) is 11.8 Å². The fourth-order valence-corrected chi connectivity index (χ4v) is 6.48. The number of halogens is 1. The zero-order valence-corrected chi connectivity index (χ0v) is 19.7. The molecule has 0 N–H and O–H groups in total. The van der Waals surface area contributed by atoms with Gasteiger partial charge in [0.2, 0.25) is 17.7 Å². The van der Waals surface area contributed by atoms with Crippen molar-refractivity contribution in [3.8, 4) is 10.8 Å². The highest BCUT2D eigenvalue weighted by molar-refractivity contribution is 7.19. The van der Waals surface area contributed by atoms with Gasteiger partial charge in [0.05, 0.1) is 60.5 Å². The van der Waals surface area contributed by atoms with Crippen molar-refractivity contribution in [3.63, 3.8) is 0 Å². The van der Waals surface area contributed by atoms with E-state index in [1.165, 1.54) is 16.2 Å². The van der Waals surface area contributed by atoms with E-state index >= 15 is 0 Å². The second-order valence-electron chi connectivity index (χ2n) is 9.82. The first kappa shape index (κ1) is 21.1. The number of hydrogen-bond acceptors (Lipinski definition) is 6. The van der Waals surface area contributed by atoms with Crippen molar-refractivity contribution >= 4 is 34.8 Å². The highest BCUT2D eigenvalue weighted by Crippen LogP contribution is 2.53. The molecule has 31 heavy (non-hydrogen) atoms. The van der Waals surface area contributed by atoms with Crippen LogP contribution in [0.15, 0.2) is 22.8 Å². The van der Waals surface area contributed by atoms with Crippen molar-refractivity contribution in [1.82, 2.24) is 14.8 Å². The van der Waals surface area contributed by atoms with Crippen LogP contribution in [0.5, 0.6) is 0 Å². The Labute approximate surface area is 191 Å². The van der Waals surface area contributed by atoms with Gasteiger partial charge in [0.1, 0.15) is 6.26 Å². The number of carbonyl (C=O) groups excluding carboxylic acids is 2. The predicted octanol–water partition coefficient (Wildman–Crippen LogP) is 3.27. The van der Waals surface area contributed by atoms with Gasteiger partial charge in [-0.1, -0.05) is 11.6 Å². The first-order chi connectivity index (χ1) is 14.7. The van der Waals surface area contributed by atoms with Gasteiger partial charge < -0.3 is 8.90 Å². The largest absolute Gasteiger partial charge is 0.443 e. The molecule has 2 aromatic rings. The van der Waals surface area contributed by atoms with Crippen LogP contribution in [0.1, 0.15) is 31.0 Å². The molecule has 3 aliphatic rings. The predicted molar refractivity (Wildman–Crippen MR) is 119 cm³/mol. The first-order valence-electron chi connectivity index (χ1n) is 10.9. The van der Waals surface area contributed by atoms with E-state index in [9.17, 15) is 9.59 Å². The SMILES string of the molecule is C[N+](C)(C)CCCN1C(=O)[C@@H]2[C@H](C1=O)[C@H](c1coc(-c3ccc(Cl)s3)n1)N1CCC[C@@H]21. The summed E-state index contributed by atoms with van der Waals surface area (Å²) in [5, 5.41) is 0. The third kappa shape index (κ3) is 3.63. The highest BCUT2D eigenvalue weighted by atomic mass is 35.5. The van der Waals surface area contributed by atoms with Crippen molar-refractivity contribution in [2.75, 3.05) is 40.8 Å². The van der Waals surface area contributed by atoms with Gasteiger partial charge in [-0.05, 0) is 31.5 Å². The molecule has 0 aromatic carbocycles. The molecule has 0 unspecified atom stereocenters. The van der Waals surface area contributed by atoms with Crippen LogP contribution in [-0.2, 0) is 9.59 Å². The molecule has 3 fully saturated rings. The topological polar surface area (TPSA) is 66.7 Å². The van der Waals surface area contributed by atoms with Crippen molar-refractivity contribution < 1.29 is 18.5 Å². The van der Waals surface area contributed by atoms with Gasteiger partial charge in [-0.2, -0.15) is 0 Å². The summed E-state index contributed by atoms with van der Waals surface area (Å²) in [6.07, 6.45) is 4.46. The molecule has 0 radical (unpaired) electrons. The Morgan fingerprint density at radius 1 is 1.23 bits per heavy atom. The molecule has 166 valence electrons. The van der Waals surface area contributed by atoms with Crippen molar-refractivity contribution in [2.45, 2.75) is 31.3 Å². The van der Waals surface area contributed by atoms with E-state index in [0.717, 1.165) is 47.4 Å². The summed E-state index contributed by atoms with van der Waals surface area (Å²) >= 11 is 7.48. The molecular weight excluding hydrogens is 436 g/mol. The lowest BCUT2D eigenvalue weighted by molar-refractivity contribution is -0.870. The van der Waals surface area contributed by atoms with Crippen LogP contribution in [-0.4, -0.2) is 77.9 Å². The van der Waals surface area contributed by atoms with Crippen LogP contribution in [0.3, 0.4) is 0 Å². The number of hydrogen-bond donors (Lipinski definition) is 0. The summed E-state index contributed by atoms with van der Waals surface area (Å²) in [4.78, 5) is 36.2. The second kappa shape index (κ2) is 7.69. The lowest BCUT2D eigenvalue weighted by Gasteiger charge is -2.28. The van der Waals surface area contributed by atoms with E-state index in [-0.39, 0.29) is 35.7 Å². The van der Waals surface area contributed by atoms with Crippen molar-refractivity contribution in [1.29, 1.82) is 0 Å². The fourth-order valence-electron chi connectivity index (χ4n) is 5.51. The van der Waals surface area contributed by atoms with Gasteiger partial charge >= 0.3 is 0 Å². The van der Waals surface area contributed by atoms with Crippen LogP contribution < -0.4 is 0 Å².